The van der Waals surface area contributed by atoms with Crippen LogP contribution < -0.4 is 14.8 Å². The second-order valence-electron chi connectivity index (χ2n) is 8.79. The molecule has 1 atom stereocenters. The maximum atomic E-state index is 13.9. The minimum absolute atomic E-state index is 0.0939. The molecule has 1 N–H and O–H groups in total. The molecule has 2 amide bonds. The average molecular weight is 536 g/mol. The maximum absolute atomic E-state index is 13.9. The van der Waals surface area contributed by atoms with Crippen LogP contribution in [0.4, 0.5) is 0 Å². The first-order chi connectivity index (χ1) is 18.4. The van der Waals surface area contributed by atoms with E-state index in [1.165, 1.54) is 11.8 Å². The largest absolute Gasteiger partial charge is 0.497 e. The van der Waals surface area contributed by atoms with Gasteiger partial charge in [-0.2, -0.15) is 0 Å². The zero-order valence-corrected chi connectivity index (χ0v) is 23.2. The van der Waals surface area contributed by atoms with Crippen molar-refractivity contribution in [1.82, 2.24) is 20.1 Å². The molecule has 0 unspecified atom stereocenters. The summed E-state index contributed by atoms with van der Waals surface area (Å²) in [6.07, 6.45) is 3.53. The number of benzene rings is 1. The summed E-state index contributed by atoms with van der Waals surface area (Å²) in [6.45, 7) is 7.32. The highest BCUT2D eigenvalue weighted by Crippen LogP contribution is 2.47. The van der Waals surface area contributed by atoms with E-state index in [1.54, 1.807) is 31.5 Å². The number of fused-ring (bicyclic) bond motifs is 1. The highest BCUT2D eigenvalue weighted by molar-refractivity contribution is 8.16. The number of ether oxygens (including phenoxy) is 2. The van der Waals surface area contributed by atoms with Crippen molar-refractivity contribution in [1.29, 1.82) is 0 Å². The molecule has 10 heteroatoms. The average Bonchev–Trinajstić information content (AvgIpc) is 3.33. The molecule has 200 valence electrons. The lowest BCUT2D eigenvalue weighted by Gasteiger charge is -2.38. The Morgan fingerprint density at radius 2 is 1.84 bits per heavy atom. The lowest BCUT2D eigenvalue weighted by Crippen LogP contribution is -2.42. The molecule has 0 saturated heterocycles. The van der Waals surface area contributed by atoms with Gasteiger partial charge in [-0.25, -0.2) is 4.99 Å². The number of thioether (sulfide) groups is 1. The molecular formula is C28H33N5O4S. The fourth-order valence-corrected chi connectivity index (χ4v) is 5.56. The van der Waals surface area contributed by atoms with E-state index in [2.05, 4.69) is 10.3 Å². The van der Waals surface area contributed by atoms with Crippen molar-refractivity contribution in [3.8, 4) is 11.5 Å². The van der Waals surface area contributed by atoms with Crippen molar-refractivity contribution >= 4 is 28.7 Å². The van der Waals surface area contributed by atoms with E-state index < -0.39 is 6.04 Å². The van der Waals surface area contributed by atoms with Crippen molar-refractivity contribution < 1.29 is 19.1 Å². The predicted octanol–water partition coefficient (Wildman–Crippen LogP) is 4.25. The second kappa shape index (κ2) is 12.2. The number of amides is 2. The molecule has 0 radical (unpaired) electrons. The first-order valence-corrected chi connectivity index (χ1v) is 13.4. The van der Waals surface area contributed by atoms with Crippen molar-refractivity contribution in [3.63, 3.8) is 0 Å². The van der Waals surface area contributed by atoms with Crippen LogP contribution in [0, 0.1) is 0 Å². The molecule has 0 aliphatic carbocycles. The topological polar surface area (TPSA) is 96.4 Å². The van der Waals surface area contributed by atoms with Gasteiger partial charge in [0.15, 0.2) is 5.17 Å². The van der Waals surface area contributed by atoms with Crippen LogP contribution in [0.2, 0.25) is 0 Å². The van der Waals surface area contributed by atoms with Gasteiger partial charge < -0.3 is 24.6 Å². The number of methoxy groups -OCH3 is 2. The Morgan fingerprint density at radius 3 is 2.50 bits per heavy atom. The summed E-state index contributed by atoms with van der Waals surface area (Å²) in [5, 5.41) is 5.63. The third-order valence-corrected chi connectivity index (χ3v) is 7.48. The zero-order valence-electron chi connectivity index (χ0n) is 22.4. The minimum atomic E-state index is -0.546. The van der Waals surface area contributed by atoms with Crippen LogP contribution in [0.3, 0.4) is 0 Å². The standard InChI is InChI=1S/C28H33N5O4S/c1-6-32(7-2)27(35)25-18(3)31-28-33(26(25)22-15-21(36-4)8-9-23(22)37-5)20(17-38-28)14-24(34)30-16-19-10-12-29-13-11-19/h8-13,15,17,26H,6-7,14,16H2,1-5H3,(H,30,34)/t26-/m0/s1. The van der Waals surface area contributed by atoms with E-state index in [9.17, 15) is 9.59 Å². The molecule has 2 aliphatic heterocycles. The number of nitrogens with zero attached hydrogens (tertiary/aromatic N) is 4. The molecule has 0 saturated carbocycles. The molecule has 9 nitrogen and oxygen atoms in total. The van der Waals surface area contributed by atoms with Gasteiger partial charge in [0, 0.05) is 43.3 Å². The van der Waals surface area contributed by atoms with Gasteiger partial charge >= 0.3 is 0 Å². The highest BCUT2D eigenvalue weighted by atomic mass is 32.2. The number of allylic oxidation sites excluding steroid dienone is 1. The van der Waals surface area contributed by atoms with Crippen LogP contribution >= 0.6 is 11.8 Å². The van der Waals surface area contributed by atoms with E-state index in [1.807, 2.05) is 61.4 Å². The first kappa shape index (κ1) is 27.3. The number of pyridine rings is 1. The number of aliphatic imine (C=N–C) groups is 1. The molecule has 0 bridgehead atoms. The molecule has 1 aromatic heterocycles. The Labute approximate surface area is 227 Å². The lowest BCUT2D eigenvalue weighted by atomic mass is 9.91. The minimum Gasteiger partial charge on any atom is -0.497 e. The Kier molecular flexibility index (Phi) is 8.73. The van der Waals surface area contributed by atoms with Gasteiger partial charge in [-0.15, -0.1) is 0 Å². The van der Waals surface area contributed by atoms with Gasteiger partial charge in [0.05, 0.1) is 38.0 Å². The Bertz CT molecular complexity index is 1290. The molecule has 4 rings (SSSR count). The van der Waals surface area contributed by atoms with Crippen LogP contribution in [0.5, 0.6) is 11.5 Å². The summed E-state index contributed by atoms with van der Waals surface area (Å²) < 4.78 is 11.3. The zero-order chi connectivity index (χ0) is 27.2. The molecule has 2 aliphatic rings. The number of nitrogens with one attached hydrogen (secondary N) is 1. The van der Waals surface area contributed by atoms with Crippen LogP contribution in [0.1, 0.15) is 44.4 Å². The molecule has 3 heterocycles. The van der Waals surface area contributed by atoms with Crippen LogP contribution in [-0.4, -0.2) is 59.1 Å². The van der Waals surface area contributed by atoms with Gasteiger partial charge in [-0.3, -0.25) is 14.6 Å². The number of rotatable bonds is 10. The fourth-order valence-electron chi connectivity index (χ4n) is 4.60. The van der Waals surface area contributed by atoms with E-state index in [0.717, 1.165) is 16.8 Å². The Hall–Kier alpha value is -3.79. The first-order valence-electron chi connectivity index (χ1n) is 12.5. The van der Waals surface area contributed by atoms with Crippen LogP contribution in [0.15, 0.2) is 70.1 Å². The van der Waals surface area contributed by atoms with E-state index in [0.29, 0.717) is 47.6 Å². The SMILES string of the molecule is CCN(CC)C(=O)C1=C(C)N=C2SC=C(CC(=O)NCc3ccncc3)N2[C@H]1c1cc(OC)ccc1OC. The molecule has 0 spiro atoms. The quantitative estimate of drug-likeness (QED) is 0.486. The number of likely N-dealkylation sites (N-methyl/N-ethyl adjacent to an activating group) is 1. The molecular weight excluding hydrogens is 502 g/mol. The van der Waals surface area contributed by atoms with Gasteiger partial charge in [0.2, 0.25) is 5.91 Å². The lowest BCUT2D eigenvalue weighted by molar-refractivity contribution is -0.127. The summed E-state index contributed by atoms with van der Waals surface area (Å²) in [6, 6.07) is 8.73. The van der Waals surface area contributed by atoms with Gasteiger partial charge in [0.25, 0.3) is 5.91 Å². The molecule has 38 heavy (non-hydrogen) atoms. The highest BCUT2D eigenvalue weighted by Gasteiger charge is 2.42. The summed E-state index contributed by atoms with van der Waals surface area (Å²) in [5.41, 5.74) is 3.68. The van der Waals surface area contributed by atoms with Crippen LogP contribution in [-0.2, 0) is 16.1 Å². The summed E-state index contributed by atoms with van der Waals surface area (Å²) in [7, 11) is 3.21. The number of aromatic nitrogens is 1. The van der Waals surface area contributed by atoms with Crippen molar-refractivity contribution in [2.75, 3.05) is 27.3 Å². The molecule has 1 aromatic carbocycles. The Balaban J connectivity index is 1.72. The monoisotopic (exact) mass is 535 g/mol. The van der Waals surface area contributed by atoms with Crippen molar-refractivity contribution in [2.24, 2.45) is 4.99 Å². The van der Waals surface area contributed by atoms with Crippen LogP contribution in [0.25, 0.3) is 0 Å². The maximum Gasteiger partial charge on any atom is 0.254 e. The predicted molar refractivity (Wildman–Crippen MR) is 149 cm³/mol. The summed E-state index contributed by atoms with van der Waals surface area (Å²) >= 11 is 1.44. The molecule has 0 fully saturated rings. The van der Waals surface area contributed by atoms with Crippen molar-refractivity contribution in [3.05, 3.63) is 76.2 Å². The number of carbonyl (C=O) groups excluding carboxylic acids is 2. The molecule has 2 aromatic rings. The smallest absolute Gasteiger partial charge is 0.254 e. The van der Waals surface area contributed by atoms with Gasteiger partial charge in [-0.05, 0) is 62.1 Å². The second-order valence-corrected chi connectivity index (χ2v) is 9.62. The number of hydrogen-bond acceptors (Lipinski definition) is 8. The third-order valence-electron chi connectivity index (χ3n) is 6.59. The number of hydrogen-bond donors (Lipinski definition) is 1. The van der Waals surface area contributed by atoms with Gasteiger partial charge in [-0.1, -0.05) is 11.8 Å². The number of amidine groups is 1. The van der Waals surface area contributed by atoms with Crippen molar-refractivity contribution in [2.45, 2.75) is 39.8 Å². The normalized spacial score (nSPS) is 16.4. The van der Waals surface area contributed by atoms with E-state index >= 15 is 0 Å². The third kappa shape index (κ3) is 5.55. The number of carbonyl (C=O) groups is 2. The summed E-state index contributed by atoms with van der Waals surface area (Å²) in [4.78, 5) is 39.5. The summed E-state index contributed by atoms with van der Waals surface area (Å²) in [5.74, 6) is 1.04. The Morgan fingerprint density at radius 1 is 1.11 bits per heavy atom. The van der Waals surface area contributed by atoms with E-state index in [4.69, 9.17) is 14.5 Å². The van der Waals surface area contributed by atoms with Gasteiger partial charge in [0.1, 0.15) is 11.5 Å². The van der Waals surface area contributed by atoms with E-state index in [-0.39, 0.29) is 18.2 Å². The fraction of sp³-hybridized carbons (Fsp3) is 0.357.